The van der Waals surface area contributed by atoms with Crippen LogP contribution in [0.4, 0.5) is 4.39 Å². The van der Waals surface area contributed by atoms with Crippen LogP contribution in [0, 0.1) is 11.7 Å². The molecule has 2 unspecified atom stereocenters. The van der Waals surface area contributed by atoms with Crippen LogP contribution in [0.25, 0.3) is 0 Å². The number of nitrogens with one attached hydrogen (secondary N) is 2. The summed E-state index contributed by atoms with van der Waals surface area (Å²) >= 11 is 3.38. The van der Waals surface area contributed by atoms with Crippen LogP contribution in [0.5, 0.6) is 0 Å². The van der Waals surface area contributed by atoms with Crippen molar-refractivity contribution >= 4 is 34.2 Å². The summed E-state index contributed by atoms with van der Waals surface area (Å²) < 4.78 is 14.0. The summed E-state index contributed by atoms with van der Waals surface area (Å²) in [5, 5.41) is 6.49. The fourth-order valence-corrected chi connectivity index (χ4v) is 3.94. The number of carbonyl (C=O) groups excluding carboxylic acids is 1. The average molecular weight is 392 g/mol. The van der Waals surface area contributed by atoms with Gasteiger partial charge < -0.3 is 10.6 Å². The van der Waals surface area contributed by atoms with Crippen molar-refractivity contribution in [1.29, 1.82) is 0 Å². The first-order chi connectivity index (χ1) is 10.1. The second-order valence-electron chi connectivity index (χ2n) is 6.19. The van der Waals surface area contributed by atoms with Gasteiger partial charge in [0.1, 0.15) is 5.82 Å². The summed E-state index contributed by atoms with van der Waals surface area (Å²) in [4.78, 5) is 12.1. The van der Waals surface area contributed by atoms with Crippen LogP contribution in [-0.2, 0) is 11.3 Å². The number of hydrogen-bond acceptors (Lipinski definition) is 2. The Hall–Kier alpha value is -0.650. The molecule has 2 aliphatic heterocycles. The lowest BCUT2D eigenvalue weighted by Gasteiger charge is -2.28. The number of rotatable bonds is 4. The van der Waals surface area contributed by atoms with Crippen LogP contribution in [-0.4, -0.2) is 18.0 Å². The Morgan fingerprint density at radius 2 is 2.00 bits per heavy atom. The Balaban J connectivity index is 0.00000176. The van der Waals surface area contributed by atoms with E-state index in [1.54, 1.807) is 6.07 Å². The van der Waals surface area contributed by atoms with Crippen molar-refractivity contribution in [2.45, 2.75) is 50.7 Å². The van der Waals surface area contributed by atoms with Gasteiger partial charge in [-0.15, -0.1) is 12.4 Å². The lowest BCUT2D eigenvalue weighted by atomic mass is 9.89. The van der Waals surface area contributed by atoms with E-state index in [1.807, 2.05) is 0 Å². The molecule has 2 bridgehead atoms. The van der Waals surface area contributed by atoms with Crippen molar-refractivity contribution in [2.24, 2.45) is 5.92 Å². The highest BCUT2D eigenvalue weighted by Gasteiger charge is 2.34. The van der Waals surface area contributed by atoms with Crippen LogP contribution in [0.15, 0.2) is 22.7 Å². The zero-order valence-electron chi connectivity index (χ0n) is 12.3. The van der Waals surface area contributed by atoms with Gasteiger partial charge in [-0.05, 0) is 55.4 Å². The number of carbonyl (C=O) groups is 1. The Morgan fingerprint density at radius 1 is 1.32 bits per heavy atom. The van der Waals surface area contributed by atoms with Crippen molar-refractivity contribution in [1.82, 2.24) is 10.6 Å². The summed E-state index contributed by atoms with van der Waals surface area (Å²) in [5.41, 5.74) is 0.772. The van der Waals surface area contributed by atoms with Crippen LogP contribution in [0.3, 0.4) is 0 Å². The highest BCUT2D eigenvalue weighted by atomic mass is 79.9. The monoisotopic (exact) mass is 390 g/mol. The molecule has 2 heterocycles. The van der Waals surface area contributed by atoms with E-state index in [1.165, 1.54) is 25.0 Å². The van der Waals surface area contributed by atoms with E-state index in [2.05, 4.69) is 26.6 Å². The summed E-state index contributed by atoms with van der Waals surface area (Å²) in [7, 11) is 0. The minimum atomic E-state index is -0.280. The normalized spacial score (nSPS) is 26.4. The fourth-order valence-electron chi connectivity index (χ4n) is 3.55. The maximum atomic E-state index is 13.2. The number of fused-ring (bicyclic) bond motifs is 2. The zero-order valence-corrected chi connectivity index (χ0v) is 14.7. The molecule has 0 spiro atoms. The molecule has 122 valence electrons. The Bertz CT molecular complexity index is 531. The van der Waals surface area contributed by atoms with E-state index in [-0.39, 0.29) is 24.1 Å². The fraction of sp³-hybridized carbons (Fsp3) is 0.562. The molecule has 22 heavy (non-hydrogen) atoms. The molecule has 2 aliphatic rings. The van der Waals surface area contributed by atoms with Gasteiger partial charge in [0.2, 0.25) is 5.91 Å². The van der Waals surface area contributed by atoms with Gasteiger partial charge in [-0.1, -0.05) is 15.9 Å². The molecule has 2 fully saturated rings. The maximum Gasteiger partial charge on any atom is 0.220 e. The lowest BCUT2D eigenvalue weighted by molar-refractivity contribution is -0.122. The minimum absolute atomic E-state index is 0. The summed E-state index contributed by atoms with van der Waals surface area (Å²) in [5.74, 6) is 0.273. The van der Waals surface area contributed by atoms with Crippen molar-refractivity contribution in [3.8, 4) is 0 Å². The Kier molecular flexibility index (Phi) is 6.24. The van der Waals surface area contributed by atoms with E-state index in [9.17, 15) is 9.18 Å². The van der Waals surface area contributed by atoms with Gasteiger partial charge in [-0.3, -0.25) is 4.79 Å². The van der Waals surface area contributed by atoms with Crippen molar-refractivity contribution in [3.05, 3.63) is 34.1 Å². The first-order valence-electron chi connectivity index (χ1n) is 7.57. The molecule has 2 atom stereocenters. The largest absolute Gasteiger partial charge is 0.352 e. The van der Waals surface area contributed by atoms with Gasteiger partial charge in [0.25, 0.3) is 0 Å². The molecule has 3 rings (SSSR count). The van der Waals surface area contributed by atoms with Crippen molar-refractivity contribution < 1.29 is 9.18 Å². The molecule has 0 saturated carbocycles. The summed E-state index contributed by atoms with van der Waals surface area (Å²) in [6.07, 6.45) is 5.29. The lowest BCUT2D eigenvalue weighted by Crippen LogP contribution is -2.39. The molecule has 2 saturated heterocycles. The first kappa shape index (κ1) is 17.7. The highest BCUT2D eigenvalue weighted by molar-refractivity contribution is 9.10. The van der Waals surface area contributed by atoms with E-state index in [0.717, 1.165) is 22.9 Å². The van der Waals surface area contributed by atoms with E-state index in [0.29, 0.717) is 31.0 Å². The minimum Gasteiger partial charge on any atom is -0.352 e. The predicted molar refractivity (Wildman–Crippen MR) is 90.5 cm³/mol. The molecule has 1 aromatic rings. The smallest absolute Gasteiger partial charge is 0.220 e. The van der Waals surface area contributed by atoms with E-state index >= 15 is 0 Å². The van der Waals surface area contributed by atoms with Gasteiger partial charge >= 0.3 is 0 Å². The SMILES string of the molecule is Cl.O=C(CC1CC2CCC(C1)N2)NCc1cc(F)ccc1Br. The quantitative estimate of drug-likeness (QED) is 0.824. The summed E-state index contributed by atoms with van der Waals surface area (Å²) in [6, 6.07) is 5.74. The van der Waals surface area contributed by atoms with Gasteiger partial charge in [0, 0.05) is 29.5 Å². The van der Waals surface area contributed by atoms with Gasteiger partial charge in [0.05, 0.1) is 0 Å². The second kappa shape index (κ2) is 7.75. The molecule has 0 aromatic heterocycles. The van der Waals surface area contributed by atoms with E-state index in [4.69, 9.17) is 0 Å². The third kappa shape index (κ3) is 4.43. The van der Waals surface area contributed by atoms with Gasteiger partial charge in [-0.25, -0.2) is 4.39 Å². The average Bonchev–Trinajstić information content (AvgIpc) is 2.79. The number of hydrogen-bond donors (Lipinski definition) is 2. The standard InChI is InChI=1S/C16H20BrFN2O.ClH/c17-15-4-1-12(18)8-11(15)9-19-16(21)7-10-5-13-2-3-14(6-10)20-13;/h1,4,8,10,13-14,20H,2-3,5-7,9H2,(H,19,21);1H. The number of piperidine rings is 1. The molecule has 1 aromatic carbocycles. The number of benzene rings is 1. The molecule has 0 radical (unpaired) electrons. The van der Waals surface area contributed by atoms with Crippen LogP contribution < -0.4 is 10.6 Å². The van der Waals surface area contributed by atoms with Gasteiger partial charge in [-0.2, -0.15) is 0 Å². The molecule has 0 aliphatic carbocycles. The number of halogens is 3. The maximum absolute atomic E-state index is 13.2. The molecule has 1 amide bonds. The van der Waals surface area contributed by atoms with E-state index < -0.39 is 0 Å². The number of amides is 1. The molecule has 2 N–H and O–H groups in total. The predicted octanol–water partition coefficient (Wildman–Crippen LogP) is 3.55. The van der Waals surface area contributed by atoms with Crippen LogP contribution >= 0.6 is 28.3 Å². The first-order valence-corrected chi connectivity index (χ1v) is 8.36. The topological polar surface area (TPSA) is 41.1 Å². The van der Waals surface area contributed by atoms with Crippen molar-refractivity contribution in [2.75, 3.05) is 0 Å². The second-order valence-corrected chi connectivity index (χ2v) is 7.05. The highest BCUT2D eigenvalue weighted by Crippen LogP contribution is 2.32. The Morgan fingerprint density at radius 3 is 2.68 bits per heavy atom. The Labute approximate surface area is 145 Å². The van der Waals surface area contributed by atoms with Crippen molar-refractivity contribution in [3.63, 3.8) is 0 Å². The molecular formula is C16H21BrClFN2O. The van der Waals surface area contributed by atoms with Crippen LogP contribution in [0.2, 0.25) is 0 Å². The molecule has 3 nitrogen and oxygen atoms in total. The molecular weight excluding hydrogens is 371 g/mol. The molecule has 6 heteroatoms. The third-order valence-electron chi connectivity index (χ3n) is 4.53. The zero-order chi connectivity index (χ0) is 14.8. The van der Waals surface area contributed by atoms with Crippen LogP contribution in [0.1, 0.15) is 37.7 Å². The third-order valence-corrected chi connectivity index (χ3v) is 5.30. The summed E-state index contributed by atoms with van der Waals surface area (Å²) in [6.45, 7) is 0.370. The van der Waals surface area contributed by atoms with Gasteiger partial charge in [0.15, 0.2) is 0 Å².